The number of benzene rings is 1. The van der Waals surface area contributed by atoms with Crippen LogP contribution in [0.25, 0.3) is 11.3 Å². The number of aromatic nitrogens is 2. The van der Waals surface area contributed by atoms with Gasteiger partial charge in [0.15, 0.2) is 0 Å². The van der Waals surface area contributed by atoms with Crippen LogP contribution in [0.2, 0.25) is 0 Å². The van der Waals surface area contributed by atoms with Crippen molar-refractivity contribution in [3.05, 3.63) is 46.2 Å². The second-order valence-corrected chi connectivity index (χ2v) is 9.60. The first-order chi connectivity index (χ1) is 14.2. The second-order valence-electron chi connectivity index (χ2n) is 7.70. The fraction of sp³-hybridized carbons (Fsp3) is 0.476. The second kappa shape index (κ2) is 9.09. The molecule has 2 heterocycles. The summed E-state index contributed by atoms with van der Waals surface area (Å²) in [5.74, 6) is -0.561. The molecule has 0 atom stereocenters. The number of hydrogen-bond acceptors (Lipinski definition) is 6. The molecule has 1 aliphatic heterocycles. The maximum absolute atomic E-state index is 13.1. The molecule has 30 heavy (non-hydrogen) atoms. The normalized spacial score (nSPS) is 15.3. The topological polar surface area (TPSA) is 98.6 Å². The van der Waals surface area contributed by atoms with Gasteiger partial charge in [0.25, 0.3) is 5.56 Å². The third-order valence-corrected chi connectivity index (χ3v) is 6.97. The molecule has 1 saturated heterocycles. The van der Waals surface area contributed by atoms with Gasteiger partial charge in [0, 0.05) is 24.7 Å². The zero-order valence-corrected chi connectivity index (χ0v) is 18.3. The Kier molecular flexibility index (Phi) is 6.72. The molecule has 0 N–H and O–H groups in total. The summed E-state index contributed by atoms with van der Waals surface area (Å²) in [4.78, 5) is 24.3. The van der Waals surface area contributed by atoms with Crippen molar-refractivity contribution in [1.29, 1.82) is 0 Å². The molecule has 1 fully saturated rings. The number of ether oxygens (including phenoxy) is 1. The quantitative estimate of drug-likeness (QED) is 0.649. The predicted molar refractivity (Wildman–Crippen MR) is 113 cm³/mol. The summed E-state index contributed by atoms with van der Waals surface area (Å²) in [7, 11) is -3.61. The van der Waals surface area contributed by atoms with Crippen molar-refractivity contribution in [3.8, 4) is 11.3 Å². The summed E-state index contributed by atoms with van der Waals surface area (Å²) < 4.78 is 33.9. The monoisotopic (exact) mass is 433 g/mol. The molecule has 1 aromatic heterocycles. The molecule has 0 bridgehead atoms. The smallest absolute Gasteiger partial charge is 0.328 e. The Bertz CT molecular complexity index is 1090. The first-order valence-corrected chi connectivity index (χ1v) is 11.5. The summed E-state index contributed by atoms with van der Waals surface area (Å²) in [6.45, 7) is 5.94. The molecule has 2 aromatic rings. The van der Waals surface area contributed by atoms with E-state index in [1.54, 1.807) is 39.0 Å². The van der Waals surface area contributed by atoms with E-state index in [4.69, 9.17) is 4.74 Å². The minimum Gasteiger partial charge on any atom is -0.462 e. The van der Waals surface area contributed by atoms with E-state index in [0.29, 0.717) is 29.9 Å². The Morgan fingerprint density at radius 3 is 2.50 bits per heavy atom. The van der Waals surface area contributed by atoms with Crippen molar-refractivity contribution in [2.75, 3.05) is 13.1 Å². The number of esters is 1. The molecular weight excluding hydrogens is 406 g/mol. The van der Waals surface area contributed by atoms with Crippen LogP contribution in [0.15, 0.2) is 40.0 Å². The minimum atomic E-state index is -3.61. The van der Waals surface area contributed by atoms with E-state index in [0.717, 1.165) is 23.9 Å². The summed E-state index contributed by atoms with van der Waals surface area (Å²) in [5.41, 5.74) is 1.18. The molecule has 0 radical (unpaired) electrons. The largest absolute Gasteiger partial charge is 0.462 e. The number of rotatable bonds is 6. The van der Waals surface area contributed by atoms with Crippen LogP contribution in [-0.4, -0.2) is 47.7 Å². The van der Waals surface area contributed by atoms with Crippen molar-refractivity contribution in [1.82, 2.24) is 14.1 Å². The fourth-order valence-electron chi connectivity index (χ4n) is 3.42. The zero-order valence-electron chi connectivity index (χ0n) is 17.5. The van der Waals surface area contributed by atoms with Crippen LogP contribution in [-0.2, 0) is 26.1 Å². The van der Waals surface area contributed by atoms with Gasteiger partial charge in [-0.25, -0.2) is 13.1 Å². The number of sulfonamides is 1. The Morgan fingerprint density at radius 2 is 1.83 bits per heavy atom. The molecule has 0 spiro atoms. The molecule has 0 unspecified atom stereocenters. The molecule has 162 valence electrons. The number of carbonyl (C=O) groups is 1. The van der Waals surface area contributed by atoms with Crippen LogP contribution in [0.4, 0.5) is 0 Å². The molecule has 1 aliphatic rings. The molecule has 3 rings (SSSR count). The molecule has 8 nitrogen and oxygen atoms in total. The van der Waals surface area contributed by atoms with Crippen LogP contribution < -0.4 is 5.56 Å². The van der Waals surface area contributed by atoms with Gasteiger partial charge in [-0.15, -0.1) is 0 Å². The lowest BCUT2D eigenvalue weighted by Gasteiger charge is -2.26. The van der Waals surface area contributed by atoms with E-state index in [-0.39, 0.29) is 17.5 Å². The van der Waals surface area contributed by atoms with Gasteiger partial charge in [-0.3, -0.25) is 9.59 Å². The number of carbonyl (C=O) groups excluding carboxylic acids is 1. The summed E-state index contributed by atoms with van der Waals surface area (Å²) in [5, 5.41) is 4.25. The lowest BCUT2D eigenvalue weighted by Crippen LogP contribution is -2.36. The highest BCUT2D eigenvalue weighted by atomic mass is 32.2. The summed E-state index contributed by atoms with van der Waals surface area (Å²) in [6, 6.07) is 7.91. The maximum Gasteiger partial charge on any atom is 0.328 e. The van der Waals surface area contributed by atoms with Gasteiger partial charge in [0.1, 0.15) is 6.54 Å². The van der Waals surface area contributed by atoms with Crippen LogP contribution in [0, 0.1) is 6.92 Å². The summed E-state index contributed by atoms with van der Waals surface area (Å²) in [6.07, 6.45) is 2.46. The molecule has 0 saturated carbocycles. The van der Waals surface area contributed by atoms with Gasteiger partial charge in [-0.05, 0) is 51.3 Å². The molecule has 0 amide bonds. The Labute approximate surface area is 176 Å². The van der Waals surface area contributed by atoms with E-state index in [9.17, 15) is 18.0 Å². The van der Waals surface area contributed by atoms with E-state index < -0.39 is 21.6 Å². The molecule has 9 heteroatoms. The third-order valence-electron chi connectivity index (χ3n) is 4.93. The van der Waals surface area contributed by atoms with Gasteiger partial charge in [-0.2, -0.15) is 9.40 Å². The highest BCUT2D eigenvalue weighted by Crippen LogP contribution is 2.27. The number of hydrogen-bond donors (Lipinski definition) is 0. The van der Waals surface area contributed by atoms with E-state index in [1.165, 1.54) is 16.4 Å². The minimum absolute atomic E-state index is 0.237. The van der Waals surface area contributed by atoms with Crippen LogP contribution in [0.1, 0.15) is 38.7 Å². The van der Waals surface area contributed by atoms with Gasteiger partial charge < -0.3 is 4.74 Å². The Morgan fingerprint density at radius 1 is 1.13 bits per heavy atom. The van der Waals surface area contributed by atoms with Crippen LogP contribution in [0.5, 0.6) is 0 Å². The lowest BCUT2D eigenvalue weighted by molar-refractivity contribution is -0.148. The van der Waals surface area contributed by atoms with Gasteiger partial charge in [0.05, 0.1) is 16.7 Å². The van der Waals surface area contributed by atoms with Gasteiger partial charge in [-0.1, -0.05) is 18.6 Å². The first-order valence-electron chi connectivity index (χ1n) is 10.1. The SMILES string of the molecule is Cc1ccc(-c2ccc(=O)n(CC(=O)OC(C)C)n2)cc1S(=O)(=O)N1CCCCC1. The van der Waals surface area contributed by atoms with Crippen LogP contribution >= 0.6 is 0 Å². The van der Waals surface area contributed by atoms with Crippen molar-refractivity contribution < 1.29 is 17.9 Å². The zero-order chi connectivity index (χ0) is 21.9. The number of aryl methyl sites for hydroxylation is 1. The molecular formula is C21H27N3O5S. The standard InChI is InChI=1S/C21H27N3O5S/c1-15(2)29-21(26)14-24-20(25)10-9-18(22-24)17-8-7-16(3)19(13-17)30(27,28)23-11-5-4-6-12-23/h7-10,13,15H,4-6,11-12,14H2,1-3H3. The fourth-order valence-corrected chi connectivity index (χ4v) is 5.19. The summed E-state index contributed by atoms with van der Waals surface area (Å²) >= 11 is 0. The van der Waals surface area contributed by atoms with E-state index in [1.807, 2.05) is 0 Å². The van der Waals surface area contributed by atoms with Crippen molar-refractivity contribution >= 4 is 16.0 Å². The Hall–Kier alpha value is -2.52. The Balaban J connectivity index is 1.95. The number of nitrogens with zero attached hydrogens (tertiary/aromatic N) is 3. The third kappa shape index (κ3) is 4.96. The molecule has 0 aliphatic carbocycles. The van der Waals surface area contributed by atoms with E-state index >= 15 is 0 Å². The van der Waals surface area contributed by atoms with Crippen molar-refractivity contribution in [3.63, 3.8) is 0 Å². The van der Waals surface area contributed by atoms with Crippen molar-refractivity contribution in [2.45, 2.75) is 57.6 Å². The van der Waals surface area contributed by atoms with Crippen LogP contribution in [0.3, 0.4) is 0 Å². The highest BCUT2D eigenvalue weighted by molar-refractivity contribution is 7.89. The average molecular weight is 434 g/mol. The van der Waals surface area contributed by atoms with Crippen molar-refractivity contribution in [2.24, 2.45) is 0 Å². The van der Waals surface area contributed by atoms with Gasteiger partial charge in [0.2, 0.25) is 10.0 Å². The van der Waals surface area contributed by atoms with E-state index in [2.05, 4.69) is 5.10 Å². The van der Waals surface area contributed by atoms with Gasteiger partial charge >= 0.3 is 5.97 Å². The highest BCUT2D eigenvalue weighted by Gasteiger charge is 2.27. The molecule has 1 aromatic carbocycles. The first kappa shape index (κ1) is 22.2. The average Bonchev–Trinajstić information content (AvgIpc) is 2.70. The lowest BCUT2D eigenvalue weighted by atomic mass is 10.1. The maximum atomic E-state index is 13.1. The number of piperidine rings is 1. The predicted octanol–water partition coefficient (Wildman–Crippen LogP) is 2.34.